The molecule has 1 amide bonds. The Balaban J connectivity index is 1.58. The summed E-state index contributed by atoms with van der Waals surface area (Å²) in [6.07, 6.45) is 4.60. The number of nitrogens with zero attached hydrogens (tertiary/aromatic N) is 5. The lowest BCUT2D eigenvalue weighted by molar-refractivity contribution is 0.0665. The van der Waals surface area contributed by atoms with E-state index >= 15 is 0 Å². The summed E-state index contributed by atoms with van der Waals surface area (Å²) in [5.41, 5.74) is 0.794. The molecular weight excluding hydrogens is 394 g/mol. The van der Waals surface area contributed by atoms with Crippen LogP contribution in [0.5, 0.6) is 0 Å². The maximum Gasteiger partial charge on any atom is 0.263 e. The summed E-state index contributed by atoms with van der Waals surface area (Å²) in [4.78, 5) is 28.3. The van der Waals surface area contributed by atoms with Gasteiger partial charge in [0.15, 0.2) is 5.82 Å². The highest BCUT2D eigenvalue weighted by atomic mass is 16.5. The van der Waals surface area contributed by atoms with Crippen LogP contribution in [0.2, 0.25) is 0 Å². The van der Waals surface area contributed by atoms with E-state index in [9.17, 15) is 9.59 Å². The van der Waals surface area contributed by atoms with Gasteiger partial charge in [-0.15, -0.1) is 10.2 Å². The molecule has 0 aliphatic carbocycles. The molecule has 0 saturated carbocycles. The van der Waals surface area contributed by atoms with Crippen LogP contribution in [0.25, 0.3) is 0 Å². The molecule has 2 aliphatic rings. The molecule has 1 atom stereocenters. The third-order valence-corrected chi connectivity index (χ3v) is 6.46. The fraction of sp³-hybridized carbons (Fsp3) is 0.652. The standard InChI is InChI=1S/C23H33N5O3/c1-15(2)5-9-26-10-6-16(3)20(22(26)29)23(30)27-13-17(4)28-19(14-27)24-25-21(28)18-7-11-31-12-8-18/h6,10,15,17-18H,5,7-9,11-14H2,1-4H3/t17-/m0/s1. The summed E-state index contributed by atoms with van der Waals surface area (Å²) in [7, 11) is 0. The molecule has 8 nitrogen and oxygen atoms in total. The summed E-state index contributed by atoms with van der Waals surface area (Å²) in [5.74, 6) is 2.43. The molecule has 2 aromatic rings. The van der Waals surface area contributed by atoms with Crippen LogP contribution in [-0.2, 0) is 17.8 Å². The predicted molar refractivity (Wildman–Crippen MR) is 117 cm³/mol. The first kappa shape index (κ1) is 21.7. The van der Waals surface area contributed by atoms with Crippen molar-refractivity contribution in [2.45, 2.75) is 72.0 Å². The van der Waals surface area contributed by atoms with Crippen molar-refractivity contribution in [3.63, 3.8) is 0 Å². The van der Waals surface area contributed by atoms with Gasteiger partial charge >= 0.3 is 0 Å². The molecule has 2 aliphatic heterocycles. The number of fused-ring (bicyclic) bond motifs is 1. The molecule has 0 N–H and O–H groups in total. The zero-order valence-electron chi connectivity index (χ0n) is 19.0. The van der Waals surface area contributed by atoms with Gasteiger partial charge in [0, 0.05) is 38.4 Å². The number of carbonyl (C=O) groups excluding carboxylic acids is 1. The Morgan fingerprint density at radius 3 is 2.71 bits per heavy atom. The molecule has 8 heteroatoms. The second-order valence-electron chi connectivity index (χ2n) is 9.32. The Hall–Kier alpha value is -2.48. The van der Waals surface area contributed by atoms with E-state index in [0.717, 1.165) is 49.7 Å². The third kappa shape index (κ3) is 4.31. The average Bonchev–Trinajstić information content (AvgIpc) is 3.18. The number of hydrogen-bond donors (Lipinski definition) is 0. The third-order valence-electron chi connectivity index (χ3n) is 6.46. The Morgan fingerprint density at radius 1 is 1.26 bits per heavy atom. The van der Waals surface area contributed by atoms with E-state index in [4.69, 9.17) is 4.74 Å². The highest BCUT2D eigenvalue weighted by molar-refractivity contribution is 5.95. The van der Waals surface area contributed by atoms with E-state index in [1.807, 2.05) is 13.0 Å². The van der Waals surface area contributed by atoms with Crippen LogP contribution in [0.15, 0.2) is 17.1 Å². The molecule has 1 saturated heterocycles. The Bertz CT molecular complexity index is 1000. The zero-order valence-corrected chi connectivity index (χ0v) is 19.0. The van der Waals surface area contributed by atoms with Gasteiger partial charge in [-0.1, -0.05) is 13.8 Å². The summed E-state index contributed by atoms with van der Waals surface area (Å²) in [6.45, 7) is 11.2. The van der Waals surface area contributed by atoms with Crippen LogP contribution in [0.1, 0.15) is 79.6 Å². The van der Waals surface area contributed by atoms with Crippen LogP contribution < -0.4 is 5.56 Å². The molecular formula is C23H33N5O3. The number of hydrogen-bond acceptors (Lipinski definition) is 5. The summed E-state index contributed by atoms with van der Waals surface area (Å²) in [6, 6.07) is 1.93. The minimum atomic E-state index is -0.213. The van der Waals surface area contributed by atoms with Gasteiger partial charge in [0.2, 0.25) is 0 Å². The number of carbonyl (C=O) groups is 1. The Kier molecular flexibility index (Phi) is 6.27. The number of amides is 1. The van der Waals surface area contributed by atoms with Gasteiger partial charge in [-0.25, -0.2) is 0 Å². The predicted octanol–water partition coefficient (Wildman–Crippen LogP) is 2.91. The van der Waals surface area contributed by atoms with Gasteiger partial charge in [0.25, 0.3) is 11.5 Å². The van der Waals surface area contributed by atoms with E-state index in [1.165, 1.54) is 0 Å². The molecule has 0 bridgehead atoms. The SMILES string of the molecule is Cc1ccn(CCC(C)C)c(=O)c1C(=O)N1Cc2nnc(C3CCOCC3)n2[C@@H](C)C1. The van der Waals surface area contributed by atoms with Gasteiger partial charge in [0.05, 0.1) is 12.6 Å². The van der Waals surface area contributed by atoms with Crippen LogP contribution in [-0.4, -0.2) is 49.9 Å². The Labute approximate surface area is 183 Å². The highest BCUT2D eigenvalue weighted by Gasteiger charge is 2.33. The molecule has 0 radical (unpaired) electrons. The number of ether oxygens (including phenoxy) is 1. The minimum Gasteiger partial charge on any atom is -0.381 e. The molecule has 0 unspecified atom stereocenters. The van der Waals surface area contributed by atoms with Crippen molar-refractivity contribution in [3.8, 4) is 0 Å². The van der Waals surface area contributed by atoms with Gasteiger partial charge in [-0.3, -0.25) is 9.59 Å². The lowest BCUT2D eigenvalue weighted by Gasteiger charge is -2.34. The van der Waals surface area contributed by atoms with E-state index in [0.29, 0.717) is 31.5 Å². The van der Waals surface area contributed by atoms with Crippen molar-refractivity contribution in [3.05, 3.63) is 45.4 Å². The quantitative estimate of drug-likeness (QED) is 0.733. The molecule has 2 aromatic heterocycles. The lowest BCUT2D eigenvalue weighted by atomic mass is 9.98. The van der Waals surface area contributed by atoms with E-state index < -0.39 is 0 Å². The normalized spacial score (nSPS) is 19.6. The first-order valence-corrected chi connectivity index (χ1v) is 11.4. The monoisotopic (exact) mass is 427 g/mol. The second-order valence-corrected chi connectivity index (χ2v) is 9.32. The summed E-state index contributed by atoms with van der Waals surface area (Å²) < 4.78 is 9.35. The molecule has 0 spiro atoms. The molecule has 1 fully saturated rings. The smallest absolute Gasteiger partial charge is 0.263 e. The van der Waals surface area contributed by atoms with Gasteiger partial charge in [-0.2, -0.15) is 0 Å². The highest BCUT2D eigenvalue weighted by Crippen LogP contribution is 2.31. The number of aryl methyl sites for hydroxylation is 2. The van der Waals surface area contributed by atoms with Crippen molar-refractivity contribution in [1.82, 2.24) is 24.2 Å². The van der Waals surface area contributed by atoms with Crippen LogP contribution in [0.3, 0.4) is 0 Å². The van der Waals surface area contributed by atoms with E-state index in [-0.39, 0.29) is 23.1 Å². The average molecular weight is 428 g/mol. The second kappa shape index (κ2) is 8.94. The van der Waals surface area contributed by atoms with E-state index in [2.05, 4.69) is 35.5 Å². The van der Waals surface area contributed by atoms with Crippen molar-refractivity contribution < 1.29 is 9.53 Å². The van der Waals surface area contributed by atoms with Crippen molar-refractivity contribution in [2.75, 3.05) is 19.8 Å². The maximum absolute atomic E-state index is 13.4. The Morgan fingerprint density at radius 2 is 2.00 bits per heavy atom. The number of pyridine rings is 1. The topological polar surface area (TPSA) is 82.2 Å². The first-order chi connectivity index (χ1) is 14.9. The molecule has 4 heterocycles. The zero-order chi connectivity index (χ0) is 22.1. The molecule has 168 valence electrons. The van der Waals surface area contributed by atoms with Crippen LogP contribution in [0, 0.1) is 12.8 Å². The number of rotatable bonds is 5. The fourth-order valence-corrected chi connectivity index (χ4v) is 4.61. The molecule has 0 aromatic carbocycles. The molecule has 31 heavy (non-hydrogen) atoms. The fourth-order valence-electron chi connectivity index (χ4n) is 4.61. The van der Waals surface area contributed by atoms with Crippen LogP contribution >= 0.6 is 0 Å². The summed E-state index contributed by atoms with van der Waals surface area (Å²) >= 11 is 0. The number of aromatic nitrogens is 4. The summed E-state index contributed by atoms with van der Waals surface area (Å²) in [5, 5.41) is 8.90. The van der Waals surface area contributed by atoms with E-state index in [1.54, 1.807) is 15.7 Å². The van der Waals surface area contributed by atoms with Gasteiger partial charge in [0.1, 0.15) is 11.4 Å². The van der Waals surface area contributed by atoms with Crippen LogP contribution in [0.4, 0.5) is 0 Å². The first-order valence-electron chi connectivity index (χ1n) is 11.4. The lowest BCUT2D eigenvalue weighted by Crippen LogP contribution is -2.43. The van der Waals surface area contributed by atoms with Crippen molar-refractivity contribution in [1.29, 1.82) is 0 Å². The maximum atomic E-state index is 13.4. The molecule has 4 rings (SSSR count). The van der Waals surface area contributed by atoms with Gasteiger partial charge in [-0.05, 0) is 50.7 Å². The largest absolute Gasteiger partial charge is 0.381 e. The van der Waals surface area contributed by atoms with Crippen molar-refractivity contribution in [2.24, 2.45) is 5.92 Å². The van der Waals surface area contributed by atoms with Crippen molar-refractivity contribution >= 4 is 5.91 Å². The van der Waals surface area contributed by atoms with Gasteiger partial charge < -0.3 is 18.8 Å². The minimum absolute atomic E-state index is 0.0627.